The highest BCUT2D eigenvalue weighted by Crippen LogP contribution is 2.35. The first-order valence-electron chi connectivity index (χ1n) is 6.56. The fourth-order valence-corrected chi connectivity index (χ4v) is 3.37. The molecule has 108 valence electrons. The number of benzene rings is 2. The predicted octanol–water partition coefficient (Wildman–Crippen LogP) is 4.61. The lowest BCUT2D eigenvalue weighted by molar-refractivity contribution is 0.0946. The Morgan fingerprint density at radius 1 is 1.10 bits per heavy atom. The van der Waals surface area contributed by atoms with Gasteiger partial charge in [-0.1, -0.05) is 41.4 Å². The highest BCUT2D eigenvalue weighted by Gasteiger charge is 2.20. The molecule has 0 aliphatic carbocycles. The van der Waals surface area contributed by atoms with Gasteiger partial charge in [0.25, 0.3) is 5.91 Å². The van der Waals surface area contributed by atoms with Crippen molar-refractivity contribution in [2.45, 2.75) is 11.8 Å². The van der Waals surface area contributed by atoms with E-state index in [0.717, 1.165) is 23.1 Å². The number of rotatable bonds is 2. The Hall–Kier alpha value is -1.22. The third-order valence-electron chi connectivity index (χ3n) is 3.59. The van der Waals surface area contributed by atoms with Crippen LogP contribution in [-0.2, 0) is 6.42 Å². The van der Waals surface area contributed by atoms with Gasteiger partial charge in [0, 0.05) is 22.2 Å². The summed E-state index contributed by atoms with van der Waals surface area (Å²) in [5.74, 6) is -0.0517. The van der Waals surface area contributed by atoms with Crippen molar-refractivity contribution in [1.29, 1.82) is 0 Å². The number of fused-ring (bicyclic) bond motifs is 1. The van der Waals surface area contributed by atoms with Crippen LogP contribution in [0.25, 0.3) is 0 Å². The van der Waals surface area contributed by atoms with Crippen molar-refractivity contribution in [3.8, 4) is 0 Å². The molecule has 3 rings (SSSR count). The molecule has 0 saturated carbocycles. The Labute approximate surface area is 138 Å². The zero-order valence-electron chi connectivity index (χ0n) is 11.0. The normalized spacial score (nSPS) is 15.3. The van der Waals surface area contributed by atoms with E-state index in [-0.39, 0.29) is 5.91 Å². The maximum absolute atomic E-state index is 11.9. The van der Waals surface area contributed by atoms with Crippen molar-refractivity contribution >= 4 is 40.7 Å². The molecule has 0 spiro atoms. The van der Waals surface area contributed by atoms with Gasteiger partial charge in [-0.05, 0) is 41.3 Å². The molecular formula is C16H12Cl3NO. The van der Waals surface area contributed by atoms with E-state index in [1.807, 2.05) is 24.3 Å². The largest absolute Gasteiger partial charge is 0.352 e. The zero-order valence-corrected chi connectivity index (χ0v) is 13.3. The van der Waals surface area contributed by atoms with Crippen molar-refractivity contribution in [2.75, 3.05) is 6.54 Å². The quantitative estimate of drug-likeness (QED) is 0.795. The number of halogens is 3. The molecule has 0 radical (unpaired) electrons. The van der Waals surface area contributed by atoms with E-state index in [0.29, 0.717) is 22.2 Å². The summed E-state index contributed by atoms with van der Waals surface area (Å²) in [5.41, 5.74) is 3.36. The molecule has 0 saturated heterocycles. The SMILES string of the molecule is O=C1NCCc2ccc(C(Cl)c3ccc(Cl)cc3Cl)cc21. The van der Waals surface area contributed by atoms with Gasteiger partial charge in [-0.2, -0.15) is 0 Å². The van der Waals surface area contributed by atoms with E-state index in [2.05, 4.69) is 5.32 Å². The lowest BCUT2D eigenvalue weighted by atomic mass is 9.95. The van der Waals surface area contributed by atoms with Gasteiger partial charge in [0.2, 0.25) is 0 Å². The third kappa shape index (κ3) is 2.89. The monoisotopic (exact) mass is 339 g/mol. The van der Waals surface area contributed by atoms with Crippen LogP contribution in [0.5, 0.6) is 0 Å². The van der Waals surface area contributed by atoms with Gasteiger partial charge in [0.1, 0.15) is 0 Å². The average Bonchev–Trinajstić information content (AvgIpc) is 2.47. The Morgan fingerprint density at radius 2 is 1.90 bits per heavy atom. The first kappa shape index (κ1) is 14.7. The molecule has 0 fully saturated rings. The number of hydrogen-bond donors (Lipinski definition) is 1. The molecule has 1 aliphatic rings. The van der Waals surface area contributed by atoms with Crippen molar-refractivity contribution in [1.82, 2.24) is 5.32 Å². The standard InChI is InChI=1S/C16H12Cl3NO/c17-11-3-4-12(14(18)8-11)15(19)10-2-1-9-5-6-20-16(21)13(9)7-10/h1-4,7-8,15H,5-6H2,(H,20,21). The minimum Gasteiger partial charge on any atom is -0.352 e. The smallest absolute Gasteiger partial charge is 0.251 e. The summed E-state index contributed by atoms with van der Waals surface area (Å²) in [5, 5.41) is 3.50. The van der Waals surface area contributed by atoms with Crippen molar-refractivity contribution < 1.29 is 4.79 Å². The molecule has 0 aromatic heterocycles. The fourth-order valence-electron chi connectivity index (χ4n) is 2.47. The lowest BCUT2D eigenvalue weighted by Crippen LogP contribution is -2.31. The Morgan fingerprint density at radius 3 is 2.67 bits per heavy atom. The van der Waals surface area contributed by atoms with E-state index in [4.69, 9.17) is 34.8 Å². The Bertz CT molecular complexity index is 715. The molecule has 1 aliphatic heterocycles. The molecule has 2 nitrogen and oxygen atoms in total. The average molecular weight is 341 g/mol. The van der Waals surface area contributed by atoms with Gasteiger partial charge in [0.15, 0.2) is 0 Å². The van der Waals surface area contributed by atoms with Gasteiger partial charge in [-0.15, -0.1) is 11.6 Å². The number of amides is 1. The molecule has 0 bridgehead atoms. The van der Waals surface area contributed by atoms with Crippen LogP contribution in [-0.4, -0.2) is 12.5 Å². The summed E-state index contributed by atoms with van der Waals surface area (Å²) < 4.78 is 0. The molecule has 2 aromatic rings. The number of carbonyl (C=O) groups is 1. The van der Waals surface area contributed by atoms with Gasteiger partial charge in [-0.3, -0.25) is 4.79 Å². The van der Waals surface area contributed by atoms with Gasteiger partial charge < -0.3 is 5.32 Å². The summed E-state index contributed by atoms with van der Waals surface area (Å²) in [6.45, 7) is 0.679. The number of nitrogens with one attached hydrogen (secondary N) is 1. The predicted molar refractivity (Wildman–Crippen MR) is 86.6 cm³/mol. The molecule has 21 heavy (non-hydrogen) atoms. The highest BCUT2D eigenvalue weighted by molar-refractivity contribution is 6.36. The summed E-state index contributed by atoms with van der Waals surface area (Å²) in [4.78, 5) is 11.9. The van der Waals surface area contributed by atoms with Crippen molar-refractivity contribution in [3.05, 3.63) is 68.7 Å². The molecule has 1 N–H and O–H groups in total. The van der Waals surface area contributed by atoms with Crippen LogP contribution in [0.2, 0.25) is 10.0 Å². The topological polar surface area (TPSA) is 29.1 Å². The van der Waals surface area contributed by atoms with Crippen molar-refractivity contribution in [3.63, 3.8) is 0 Å². The summed E-state index contributed by atoms with van der Waals surface area (Å²) >= 11 is 18.6. The summed E-state index contributed by atoms with van der Waals surface area (Å²) in [6, 6.07) is 11.0. The Kier molecular flexibility index (Phi) is 4.12. The fraction of sp³-hybridized carbons (Fsp3) is 0.188. The number of alkyl halides is 1. The Balaban J connectivity index is 2.00. The summed E-state index contributed by atoms with van der Waals surface area (Å²) in [6.07, 6.45) is 0.843. The van der Waals surface area contributed by atoms with E-state index < -0.39 is 5.38 Å². The van der Waals surface area contributed by atoms with Gasteiger partial charge in [0.05, 0.1) is 5.38 Å². The number of hydrogen-bond acceptors (Lipinski definition) is 1. The molecule has 1 atom stereocenters. The van der Waals surface area contributed by atoms with Gasteiger partial charge in [-0.25, -0.2) is 0 Å². The molecule has 1 unspecified atom stereocenters. The van der Waals surface area contributed by atoms with E-state index >= 15 is 0 Å². The first-order valence-corrected chi connectivity index (χ1v) is 7.75. The van der Waals surface area contributed by atoms with Crippen LogP contribution < -0.4 is 5.32 Å². The van der Waals surface area contributed by atoms with Crippen LogP contribution in [0.3, 0.4) is 0 Å². The van der Waals surface area contributed by atoms with Crippen LogP contribution in [0.15, 0.2) is 36.4 Å². The van der Waals surface area contributed by atoms with E-state index in [1.54, 1.807) is 12.1 Å². The molecule has 1 amide bonds. The van der Waals surface area contributed by atoms with E-state index in [1.165, 1.54) is 0 Å². The second-order valence-corrected chi connectivity index (χ2v) is 6.23. The van der Waals surface area contributed by atoms with Crippen LogP contribution in [0, 0.1) is 0 Å². The van der Waals surface area contributed by atoms with Crippen LogP contribution in [0.1, 0.15) is 32.4 Å². The minimum absolute atomic E-state index is 0.0517. The highest BCUT2D eigenvalue weighted by atomic mass is 35.5. The molecule has 2 aromatic carbocycles. The zero-order chi connectivity index (χ0) is 15.0. The van der Waals surface area contributed by atoms with Crippen LogP contribution >= 0.6 is 34.8 Å². The third-order valence-corrected chi connectivity index (χ3v) is 4.64. The maximum Gasteiger partial charge on any atom is 0.251 e. The second-order valence-electron chi connectivity index (χ2n) is 4.95. The molecular weight excluding hydrogens is 329 g/mol. The lowest BCUT2D eigenvalue weighted by Gasteiger charge is -2.19. The van der Waals surface area contributed by atoms with Crippen LogP contribution in [0.4, 0.5) is 0 Å². The summed E-state index contributed by atoms with van der Waals surface area (Å²) in [7, 11) is 0. The van der Waals surface area contributed by atoms with Gasteiger partial charge >= 0.3 is 0 Å². The minimum atomic E-state index is -0.421. The molecule has 5 heteroatoms. The first-order chi connectivity index (χ1) is 10.1. The van der Waals surface area contributed by atoms with E-state index in [9.17, 15) is 4.79 Å². The molecule has 1 heterocycles. The maximum atomic E-state index is 11.9. The van der Waals surface area contributed by atoms with Crippen molar-refractivity contribution in [2.24, 2.45) is 0 Å². The number of carbonyl (C=O) groups excluding carboxylic acids is 1. The second kappa shape index (κ2) is 5.88.